The van der Waals surface area contributed by atoms with E-state index < -0.39 is 0 Å². The highest BCUT2D eigenvalue weighted by atomic mass is 32.1. The monoisotopic (exact) mass is 533 g/mol. The number of fused-ring (bicyclic) bond motifs is 1. The van der Waals surface area contributed by atoms with E-state index in [1.165, 1.54) is 29.9 Å². The average Bonchev–Trinajstić information content (AvgIpc) is 3.64. The van der Waals surface area contributed by atoms with Crippen LogP contribution >= 0.6 is 11.3 Å². The molecule has 1 saturated heterocycles. The number of rotatable bonds is 8. The van der Waals surface area contributed by atoms with Crippen molar-refractivity contribution in [2.24, 2.45) is 5.92 Å². The van der Waals surface area contributed by atoms with Crippen LogP contribution in [0.2, 0.25) is 0 Å². The molecule has 0 N–H and O–H groups in total. The van der Waals surface area contributed by atoms with Crippen molar-refractivity contribution in [2.75, 3.05) is 18.0 Å². The maximum Gasteiger partial charge on any atom is 0.177 e. The molecular formula is C33H31N3O2S. The summed E-state index contributed by atoms with van der Waals surface area (Å²) in [6.07, 6.45) is 5.10. The van der Waals surface area contributed by atoms with Gasteiger partial charge in [0.1, 0.15) is 0 Å². The first-order chi connectivity index (χ1) is 19.0. The van der Waals surface area contributed by atoms with Gasteiger partial charge in [0.05, 0.1) is 22.3 Å². The maximum absolute atomic E-state index is 13.0. The number of ketones is 2. The van der Waals surface area contributed by atoms with Crippen LogP contribution in [-0.2, 0) is 12.8 Å². The van der Waals surface area contributed by atoms with Crippen molar-refractivity contribution >= 4 is 39.5 Å². The third-order valence-corrected chi connectivity index (χ3v) is 8.46. The number of hydrogen-bond acceptors (Lipinski definition) is 5. The molecule has 1 aliphatic rings. The van der Waals surface area contributed by atoms with E-state index in [0.29, 0.717) is 18.8 Å². The van der Waals surface area contributed by atoms with Crippen LogP contribution < -0.4 is 4.90 Å². The fraction of sp³-hybridized carbons (Fsp3) is 0.242. The van der Waals surface area contributed by atoms with Gasteiger partial charge in [-0.2, -0.15) is 5.10 Å². The summed E-state index contributed by atoms with van der Waals surface area (Å²) in [6.45, 7) is 4.48. The molecule has 1 fully saturated rings. The lowest BCUT2D eigenvalue weighted by atomic mass is 9.98. The van der Waals surface area contributed by atoms with E-state index in [0.717, 1.165) is 51.2 Å². The summed E-state index contributed by atoms with van der Waals surface area (Å²) in [6, 6.07) is 25.9. The molecule has 1 atom stereocenters. The van der Waals surface area contributed by atoms with Gasteiger partial charge >= 0.3 is 0 Å². The lowest BCUT2D eigenvalue weighted by Gasteiger charge is -2.32. The molecule has 5 nitrogen and oxygen atoms in total. The van der Waals surface area contributed by atoms with Gasteiger partial charge in [-0.05, 0) is 89.9 Å². The molecule has 3 aromatic carbocycles. The molecule has 2 aromatic heterocycles. The number of thiophene rings is 1. The quantitative estimate of drug-likeness (QED) is 0.198. The van der Waals surface area contributed by atoms with Crippen LogP contribution in [0.15, 0.2) is 90.4 Å². The highest BCUT2D eigenvalue weighted by Crippen LogP contribution is 2.25. The van der Waals surface area contributed by atoms with Gasteiger partial charge < -0.3 is 4.90 Å². The van der Waals surface area contributed by atoms with Crippen molar-refractivity contribution in [3.05, 3.63) is 112 Å². The van der Waals surface area contributed by atoms with Crippen molar-refractivity contribution in [2.45, 2.75) is 32.6 Å². The number of carbonyl (C=O) groups is 2. The summed E-state index contributed by atoms with van der Waals surface area (Å²) in [7, 11) is 0. The van der Waals surface area contributed by atoms with Crippen molar-refractivity contribution < 1.29 is 9.59 Å². The first kappa shape index (κ1) is 25.3. The number of piperidine rings is 1. The molecule has 196 valence electrons. The summed E-state index contributed by atoms with van der Waals surface area (Å²) < 4.78 is 1.89. The molecule has 6 rings (SSSR count). The molecular weight excluding hydrogens is 502 g/mol. The summed E-state index contributed by atoms with van der Waals surface area (Å²) in [5.41, 5.74) is 5.82. The zero-order valence-electron chi connectivity index (χ0n) is 22.0. The normalized spacial score (nSPS) is 15.5. The number of carbonyl (C=O) groups excluding carboxylic acids is 2. The van der Waals surface area contributed by atoms with Crippen LogP contribution in [0.25, 0.3) is 16.6 Å². The fourth-order valence-electron chi connectivity index (χ4n) is 5.43. The molecule has 1 aliphatic heterocycles. The third kappa shape index (κ3) is 5.57. The first-order valence-electron chi connectivity index (χ1n) is 13.5. The van der Waals surface area contributed by atoms with Crippen LogP contribution in [-0.4, -0.2) is 34.4 Å². The number of Topliss-reactive ketones (excluding diaryl/α,β-unsaturated/α-hetero) is 2. The molecule has 0 bridgehead atoms. The second kappa shape index (κ2) is 11.0. The van der Waals surface area contributed by atoms with Crippen molar-refractivity contribution in [3.63, 3.8) is 0 Å². The summed E-state index contributed by atoms with van der Waals surface area (Å²) >= 11 is 1.48. The second-order valence-corrected chi connectivity index (χ2v) is 11.5. The van der Waals surface area contributed by atoms with E-state index in [9.17, 15) is 9.59 Å². The van der Waals surface area contributed by atoms with Crippen LogP contribution in [0.4, 0.5) is 5.69 Å². The minimum absolute atomic E-state index is 0.119. The minimum Gasteiger partial charge on any atom is -0.371 e. The molecule has 0 radical (unpaired) electrons. The van der Waals surface area contributed by atoms with Crippen molar-refractivity contribution in [1.82, 2.24) is 9.78 Å². The van der Waals surface area contributed by atoms with Crippen molar-refractivity contribution in [3.8, 4) is 5.69 Å². The first-order valence-corrected chi connectivity index (χ1v) is 14.4. The highest BCUT2D eigenvalue weighted by molar-refractivity contribution is 7.12. The van der Waals surface area contributed by atoms with Gasteiger partial charge in [-0.15, -0.1) is 11.3 Å². The number of hydrogen-bond donors (Lipinski definition) is 0. The molecule has 39 heavy (non-hydrogen) atoms. The van der Waals surface area contributed by atoms with Crippen LogP contribution in [0, 0.1) is 5.92 Å². The van der Waals surface area contributed by atoms with Crippen LogP contribution in [0.1, 0.15) is 50.9 Å². The molecule has 5 aromatic rings. The highest BCUT2D eigenvalue weighted by Gasteiger charge is 2.17. The Morgan fingerprint density at radius 2 is 1.64 bits per heavy atom. The van der Waals surface area contributed by atoms with Gasteiger partial charge in [0, 0.05) is 42.6 Å². The van der Waals surface area contributed by atoms with Crippen LogP contribution in [0.3, 0.4) is 0 Å². The summed E-state index contributed by atoms with van der Waals surface area (Å²) in [5, 5.41) is 7.51. The Morgan fingerprint density at radius 1 is 0.897 bits per heavy atom. The fourth-order valence-corrected chi connectivity index (χ4v) is 6.10. The summed E-state index contributed by atoms with van der Waals surface area (Å²) in [5.74, 6) is 0.968. The van der Waals surface area contributed by atoms with Gasteiger partial charge in [0.15, 0.2) is 11.6 Å². The second-order valence-electron chi connectivity index (χ2n) is 10.5. The van der Waals surface area contributed by atoms with E-state index >= 15 is 0 Å². The Kier molecular flexibility index (Phi) is 7.12. The van der Waals surface area contributed by atoms with Crippen molar-refractivity contribution in [1.29, 1.82) is 0 Å². The smallest absolute Gasteiger partial charge is 0.177 e. The Balaban J connectivity index is 1.12. The predicted molar refractivity (Wildman–Crippen MR) is 159 cm³/mol. The average molecular weight is 534 g/mol. The SMILES string of the molecule is CC1CCCN(c2ccc(C(=O)Cc3ccc4c(cnn4-c4ccc(CC(=O)c5cccs5)cc4)c3)cc2)C1. The molecule has 1 unspecified atom stereocenters. The van der Waals surface area contributed by atoms with E-state index in [1.807, 2.05) is 83.0 Å². The molecule has 6 heteroatoms. The number of anilines is 1. The number of aromatic nitrogens is 2. The zero-order chi connectivity index (χ0) is 26.8. The standard InChI is InChI=1S/C33H31N3O2S/c1-23-4-2-16-35(22-23)28-13-9-26(10-14-28)31(37)20-25-8-15-30-27(18-25)21-34-36(30)29-11-6-24(7-12-29)19-32(38)33-5-3-17-39-33/h3,5-15,17-18,21,23H,2,4,16,19-20,22H2,1H3. The maximum atomic E-state index is 13.0. The number of benzene rings is 3. The Morgan fingerprint density at radius 3 is 2.38 bits per heavy atom. The Labute approximate surface area is 232 Å². The van der Waals surface area contributed by atoms with Gasteiger partial charge in [0.2, 0.25) is 0 Å². The van der Waals surface area contributed by atoms with Crippen LogP contribution in [0.5, 0.6) is 0 Å². The van der Waals surface area contributed by atoms with E-state index in [1.54, 1.807) is 0 Å². The molecule has 0 amide bonds. The Bertz CT molecular complexity index is 1600. The Hall–Kier alpha value is -4.03. The minimum atomic E-state index is 0.119. The van der Waals surface area contributed by atoms with Gasteiger partial charge in [-0.3, -0.25) is 9.59 Å². The molecule has 0 aliphatic carbocycles. The topological polar surface area (TPSA) is 55.2 Å². The summed E-state index contributed by atoms with van der Waals surface area (Å²) in [4.78, 5) is 28.7. The van der Waals surface area contributed by atoms with E-state index in [2.05, 4.69) is 29.1 Å². The van der Waals surface area contributed by atoms with E-state index in [-0.39, 0.29) is 11.6 Å². The predicted octanol–water partition coefficient (Wildman–Crippen LogP) is 7.17. The lowest BCUT2D eigenvalue weighted by molar-refractivity contribution is 0.0986. The lowest BCUT2D eigenvalue weighted by Crippen LogP contribution is -2.34. The number of nitrogens with zero attached hydrogens (tertiary/aromatic N) is 3. The van der Waals surface area contributed by atoms with Gasteiger partial charge in [-0.1, -0.05) is 31.2 Å². The molecule has 3 heterocycles. The molecule has 0 spiro atoms. The molecule has 0 saturated carbocycles. The largest absolute Gasteiger partial charge is 0.371 e. The zero-order valence-corrected chi connectivity index (χ0v) is 22.9. The van der Waals surface area contributed by atoms with Gasteiger partial charge in [0.25, 0.3) is 0 Å². The third-order valence-electron chi connectivity index (χ3n) is 7.55. The van der Waals surface area contributed by atoms with E-state index in [4.69, 9.17) is 0 Å². The van der Waals surface area contributed by atoms with Gasteiger partial charge in [-0.25, -0.2) is 4.68 Å².